The van der Waals surface area contributed by atoms with Crippen LogP contribution in [-0.2, 0) is 4.79 Å². The Morgan fingerprint density at radius 1 is 1.17 bits per heavy atom. The molecule has 1 unspecified atom stereocenters. The van der Waals surface area contributed by atoms with Crippen LogP contribution in [0.1, 0.15) is 41.4 Å². The molecule has 156 valence electrons. The van der Waals surface area contributed by atoms with E-state index in [-0.39, 0.29) is 23.5 Å². The van der Waals surface area contributed by atoms with E-state index in [0.29, 0.717) is 20.1 Å². The van der Waals surface area contributed by atoms with Gasteiger partial charge in [-0.05, 0) is 37.1 Å². The first-order valence-corrected chi connectivity index (χ1v) is 11.4. The van der Waals surface area contributed by atoms with Gasteiger partial charge in [-0.15, -0.1) is 10.2 Å². The lowest BCUT2D eigenvalue weighted by Crippen LogP contribution is -2.23. The number of nitrogens with one attached hydrogen (secondary N) is 2. The van der Waals surface area contributed by atoms with E-state index in [4.69, 9.17) is 11.6 Å². The lowest BCUT2D eigenvalue weighted by Gasteiger charge is -2.13. The number of thioether (sulfide) groups is 1. The van der Waals surface area contributed by atoms with Crippen molar-refractivity contribution in [2.75, 3.05) is 11.1 Å². The van der Waals surface area contributed by atoms with Gasteiger partial charge >= 0.3 is 0 Å². The number of benzene rings is 2. The van der Waals surface area contributed by atoms with Crippen LogP contribution in [-0.4, -0.2) is 27.6 Å². The van der Waals surface area contributed by atoms with Gasteiger partial charge in [0.05, 0.1) is 11.8 Å². The maximum Gasteiger partial charge on any atom is 0.217 e. The number of hydrogen-bond acceptors (Lipinski definition) is 7. The van der Waals surface area contributed by atoms with E-state index in [1.54, 1.807) is 12.1 Å². The van der Waals surface area contributed by atoms with Gasteiger partial charge in [-0.25, -0.2) is 0 Å². The van der Waals surface area contributed by atoms with Crippen LogP contribution in [0, 0.1) is 6.92 Å². The monoisotopic (exact) mass is 460 g/mol. The number of anilines is 2. The van der Waals surface area contributed by atoms with Gasteiger partial charge in [0.25, 0.3) is 0 Å². The Balaban J connectivity index is 1.55. The van der Waals surface area contributed by atoms with Gasteiger partial charge in [0.15, 0.2) is 10.1 Å². The predicted molar refractivity (Wildman–Crippen MR) is 123 cm³/mol. The number of aryl methyl sites for hydroxylation is 1. The standard InChI is InChI=1S/C21H21ClN4O2S2/c1-12-4-9-17(10-18(12)22)24-20-25-26-21(30-20)29-11-19(28)16-7-5-15(6-8-16)13(2)23-14(3)27/h4-10,13H,11H2,1-3H3,(H,23,27)(H,24,25). The van der Waals surface area contributed by atoms with Crippen LogP contribution in [0.3, 0.4) is 0 Å². The SMILES string of the molecule is CC(=O)NC(C)c1ccc(C(=O)CSc2nnc(Nc3ccc(C)c(Cl)c3)s2)cc1. The van der Waals surface area contributed by atoms with E-state index in [9.17, 15) is 9.59 Å². The molecule has 3 rings (SSSR count). The molecule has 0 saturated heterocycles. The third-order valence-electron chi connectivity index (χ3n) is 4.31. The second-order valence-corrected chi connectivity index (χ2v) is 9.33. The Bertz CT molecular complexity index is 1050. The van der Waals surface area contributed by atoms with Crippen molar-refractivity contribution in [1.82, 2.24) is 15.5 Å². The van der Waals surface area contributed by atoms with Gasteiger partial charge in [-0.1, -0.05) is 65.0 Å². The molecule has 0 aliphatic heterocycles. The molecule has 30 heavy (non-hydrogen) atoms. The van der Waals surface area contributed by atoms with Crippen LogP contribution < -0.4 is 10.6 Å². The highest BCUT2D eigenvalue weighted by Crippen LogP contribution is 2.29. The van der Waals surface area contributed by atoms with E-state index in [1.165, 1.54) is 30.0 Å². The fraction of sp³-hybridized carbons (Fsp3) is 0.238. The van der Waals surface area contributed by atoms with Crippen molar-refractivity contribution in [3.63, 3.8) is 0 Å². The van der Waals surface area contributed by atoms with E-state index < -0.39 is 0 Å². The van der Waals surface area contributed by atoms with E-state index >= 15 is 0 Å². The number of carbonyl (C=O) groups is 2. The van der Waals surface area contributed by atoms with Gasteiger partial charge in [-0.2, -0.15) is 0 Å². The van der Waals surface area contributed by atoms with Crippen LogP contribution in [0.25, 0.3) is 0 Å². The molecule has 0 aliphatic rings. The van der Waals surface area contributed by atoms with Crippen LogP contribution in [0.2, 0.25) is 5.02 Å². The minimum absolute atomic E-state index is 0.00811. The number of ketones is 1. The van der Waals surface area contributed by atoms with Crippen LogP contribution in [0.5, 0.6) is 0 Å². The first-order chi connectivity index (χ1) is 14.3. The summed E-state index contributed by atoms with van der Waals surface area (Å²) in [6, 6.07) is 12.9. The van der Waals surface area contributed by atoms with E-state index in [1.807, 2.05) is 44.2 Å². The lowest BCUT2D eigenvalue weighted by molar-refractivity contribution is -0.119. The van der Waals surface area contributed by atoms with Crippen molar-refractivity contribution in [1.29, 1.82) is 0 Å². The highest BCUT2D eigenvalue weighted by molar-refractivity contribution is 8.01. The van der Waals surface area contributed by atoms with Crippen molar-refractivity contribution < 1.29 is 9.59 Å². The lowest BCUT2D eigenvalue weighted by atomic mass is 10.0. The average Bonchev–Trinajstić information content (AvgIpc) is 3.16. The summed E-state index contributed by atoms with van der Waals surface area (Å²) in [7, 11) is 0. The highest BCUT2D eigenvalue weighted by Gasteiger charge is 2.12. The van der Waals surface area contributed by atoms with E-state index in [0.717, 1.165) is 16.8 Å². The third-order valence-corrected chi connectivity index (χ3v) is 6.69. The van der Waals surface area contributed by atoms with Gasteiger partial charge in [0.1, 0.15) is 0 Å². The highest BCUT2D eigenvalue weighted by atomic mass is 35.5. The number of rotatable bonds is 8. The van der Waals surface area contributed by atoms with Gasteiger partial charge < -0.3 is 10.6 Å². The third kappa shape index (κ3) is 6.04. The molecule has 1 aromatic heterocycles. The Morgan fingerprint density at radius 2 is 1.90 bits per heavy atom. The molecule has 0 aliphatic carbocycles. The zero-order chi connectivity index (χ0) is 21.7. The number of carbonyl (C=O) groups excluding carboxylic acids is 2. The number of halogens is 1. The minimum atomic E-state index is -0.100. The number of hydrogen-bond donors (Lipinski definition) is 2. The van der Waals surface area contributed by atoms with Crippen molar-refractivity contribution in [2.24, 2.45) is 0 Å². The van der Waals surface area contributed by atoms with Crippen molar-refractivity contribution in [2.45, 2.75) is 31.2 Å². The molecule has 0 bridgehead atoms. The van der Waals surface area contributed by atoms with Gasteiger partial charge in [0, 0.05) is 23.2 Å². The Labute approximate surface area is 188 Å². The second kappa shape index (κ2) is 10.1. The molecule has 1 atom stereocenters. The number of amides is 1. The fourth-order valence-electron chi connectivity index (χ4n) is 2.67. The predicted octanol–water partition coefficient (Wildman–Crippen LogP) is 5.42. The Hall–Kier alpha value is -2.42. The summed E-state index contributed by atoms with van der Waals surface area (Å²) in [5.41, 5.74) is 3.42. The quantitative estimate of drug-likeness (QED) is 0.345. The summed E-state index contributed by atoms with van der Waals surface area (Å²) in [5.74, 6) is 0.190. The molecule has 6 nitrogen and oxygen atoms in total. The molecule has 3 aromatic rings. The summed E-state index contributed by atoms with van der Waals surface area (Å²) in [5, 5.41) is 15.6. The first kappa shape index (κ1) is 22.3. The molecule has 2 aromatic carbocycles. The summed E-state index contributed by atoms with van der Waals surface area (Å²) in [6.45, 7) is 5.33. The molecule has 0 spiro atoms. The smallest absolute Gasteiger partial charge is 0.217 e. The number of nitrogens with zero attached hydrogens (tertiary/aromatic N) is 2. The molecule has 2 N–H and O–H groups in total. The summed E-state index contributed by atoms with van der Waals surface area (Å²) in [4.78, 5) is 23.6. The Kier molecular flexibility index (Phi) is 7.47. The van der Waals surface area contributed by atoms with Crippen molar-refractivity contribution in [3.8, 4) is 0 Å². The van der Waals surface area contributed by atoms with Crippen LogP contribution >= 0.6 is 34.7 Å². The Morgan fingerprint density at radius 3 is 2.57 bits per heavy atom. The normalized spacial score (nSPS) is 11.7. The first-order valence-electron chi connectivity index (χ1n) is 9.21. The summed E-state index contributed by atoms with van der Waals surface area (Å²) < 4.78 is 0.708. The summed E-state index contributed by atoms with van der Waals surface area (Å²) >= 11 is 8.88. The molecule has 1 heterocycles. The molecule has 1 amide bonds. The fourth-order valence-corrected chi connectivity index (χ4v) is 4.52. The molecular formula is C21H21ClN4O2S2. The van der Waals surface area contributed by atoms with Crippen LogP contribution in [0.15, 0.2) is 46.8 Å². The van der Waals surface area contributed by atoms with Crippen molar-refractivity contribution in [3.05, 3.63) is 64.2 Å². The molecule has 9 heteroatoms. The van der Waals surface area contributed by atoms with E-state index in [2.05, 4.69) is 20.8 Å². The zero-order valence-electron chi connectivity index (χ0n) is 16.7. The largest absolute Gasteiger partial charge is 0.350 e. The maximum atomic E-state index is 12.5. The van der Waals surface area contributed by atoms with Gasteiger partial charge in [0.2, 0.25) is 11.0 Å². The maximum absolute atomic E-state index is 12.5. The molecule has 0 saturated carbocycles. The molecular weight excluding hydrogens is 440 g/mol. The van der Waals surface area contributed by atoms with Gasteiger partial charge in [-0.3, -0.25) is 9.59 Å². The topological polar surface area (TPSA) is 84.0 Å². The number of Topliss-reactive ketones (excluding diaryl/α,β-unsaturated/α-hetero) is 1. The second-order valence-electron chi connectivity index (χ2n) is 6.72. The minimum Gasteiger partial charge on any atom is -0.350 e. The molecule has 0 fully saturated rings. The molecule has 0 radical (unpaired) electrons. The van der Waals surface area contributed by atoms with Crippen molar-refractivity contribution >= 4 is 57.2 Å². The zero-order valence-corrected chi connectivity index (χ0v) is 19.1. The van der Waals surface area contributed by atoms with Crippen LogP contribution in [0.4, 0.5) is 10.8 Å². The number of aromatic nitrogens is 2. The average molecular weight is 461 g/mol. The summed E-state index contributed by atoms with van der Waals surface area (Å²) in [6.07, 6.45) is 0.